The second-order valence-electron chi connectivity index (χ2n) is 9.04. The van der Waals surface area contributed by atoms with E-state index in [4.69, 9.17) is 15.2 Å². The molecule has 0 bridgehead atoms. The molecule has 0 saturated carbocycles. The molecule has 0 saturated heterocycles. The molecule has 3 rings (SSSR count). The fourth-order valence-electron chi connectivity index (χ4n) is 3.38. The van der Waals surface area contributed by atoms with Crippen molar-refractivity contribution in [2.75, 3.05) is 18.2 Å². The average molecular weight is 434 g/mol. The molecule has 0 unspecified atom stereocenters. The first-order valence-corrected chi connectivity index (χ1v) is 10.6. The van der Waals surface area contributed by atoms with E-state index in [-0.39, 0.29) is 17.1 Å². The maximum atomic E-state index is 12.7. The lowest BCUT2D eigenvalue weighted by atomic mass is 9.88. The van der Waals surface area contributed by atoms with Gasteiger partial charge in [-0.25, -0.2) is 4.98 Å². The normalized spacial score (nSPS) is 11.3. The number of nitrogens with zero attached hydrogens (tertiary/aromatic N) is 1. The number of nitrogen functional groups attached to an aromatic ring is 1. The number of pyridine rings is 1. The van der Waals surface area contributed by atoms with Gasteiger partial charge in [-0.2, -0.15) is 0 Å². The lowest BCUT2D eigenvalue weighted by molar-refractivity contribution is 0.102. The first-order valence-electron chi connectivity index (χ1n) is 10.6. The number of para-hydroxylation sites is 1. The molecule has 3 N–H and O–H groups in total. The molecule has 6 heteroatoms. The van der Waals surface area contributed by atoms with E-state index in [1.807, 2.05) is 37.3 Å². The number of methoxy groups -OCH3 is 1. The number of ether oxygens (including phenoxy) is 2. The maximum absolute atomic E-state index is 12.7. The Morgan fingerprint density at radius 1 is 1.09 bits per heavy atom. The van der Waals surface area contributed by atoms with Crippen molar-refractivity contribution in [2.45, 2.75) is 40.7 Å². The van der Waals surface area contributed by atoms with Crippen LogP contribution in [0.1, 0.15) is 48.0 Å². The Hall–Kier alpha value is -3.38. The highest BCUT2D eigenvalue weighted by molar-refractivity contribution is 6.07. The highest BCUT2D eigenvalue weighted by Gasteiger charge is 2.16. The third-order valence-electron chi connectivity index (χ3n) is 4.91. The number of hydrogen-bond donors (Lipinski definition) is 2. The topological polar surface area (TPSA) is 86.5 Å². The van der Waals surface area contributed by atoms with Crippen molar-refractivity contribution >= 4 is 17.4 Å². The average Bonchev–Trinajstić information content (AvgIpc) is 2.72. The smallest absolute Gasteiger partial charge is 0.259 e. The number of hydrogen-bond acceptors (Lipinski definition) is 5. The molecule has 0 spiro atoms. The number of nitrogens with two attached hydrogens (primary N) is 1. The van der Waals surface area contributed by atoms with E-state index >= 15 is 0 Å². The van der Waals surface area contributed by atoms with Crippen LogP contribution in [0.3, 0.4) is 0 Å². The van der Waals surface area contributed by atoms with E-state index in [1.165, 1.54) is 0 Å². The van der Waals surface area contributed by atoms with Gasteiger partial charge >= 0.3 is 0 Å². The van der Waals surface area contributed by atoms with Crippen molar-refractivity contribution < 1.29 is 14.3 Å². The molecule has 0 atom stereocenters. The molecular formula is C26H31N3O3. The SMILES string of the molecule is COCc1nc(N)c(C(=O)Nc2ccc(Oc3ccccc3CC(C)(C)C)cc2)cc1C. The Bertz CT molecular complexity index is 1090. The molecule has 0 aliphatic carbocycles. The Morgan fingerprint density at radius 2 is 1.78 bits per heavy atom. The maximum Gasteiger partial charge on any atom is 0.259 e. The molecule has 3 aromatic rings. The number of nitrogens with one attached hydrogen (secondary N) is 1. The van der Waals surface area contributed by atoms with Gasteiger partial charge in [0.2, 0.25) is 0 Å². The molecule has 6 nitrogen and oxygen atoms in total. The zero-order chi connectivity index (χ0) is 23.3. The summed E-state index contributed by atoms with van der Waals surface area (Å²) in [7, 11) is 1.59. The number of carbonyl (C=O) groups is 1. The number of amides is 1. The summed E-state index contributed by atoms with van der Waals surface area (Å²) in [4.78, 5) is 17.0. The third kappa shape index (κ3) is 6.08. The summed E-state index contributed by atoms with van der Waals surface area (Å²) >= 11 is 0. The highest BCUT2D eigenvalue weighted by Crippen LogP contribution is 2.31. The summed E-state index contributed by atoms with van der Waals surface area (Å²) in [6.45, 7) is 8.84. The van der Waals surface area contributed by atoms with Crippen LogP contribution < -0.4 is 15.8 Å². The number of aromatic nitrogens is 1. The number of carbonyl (C=O) groups excluding carboxylic acids is 1. The van der Waals surface area contributed by atoms with Gasteiger partial charge in [-0.1, -0.05) is 39.0 Å². The lowest BCUT2D eigenvalue weighted by Crippen LogP contribution is -2.16. The van der Waals surface area contributed by atoms with Crippen LogP contribution in [0.5, 0.6) is 11.5 Å². The predicted octanol–water partition coefficient (Wildman–Crippen LogP) is 5.75. The van der Waals surface area contributed by atoms with Crippen molar-refractivity contribution in [3.63, 3.8) is 0 Å². The summed E-state index contributed by atoms with van der Waals surface area (Å²) in [6.07, 6.45) is 0.912. The van der Waals surface area contributed by atoms with Crippen LogP contribution in [0.15, 0.2) is 54.6 Å². The van der Waals surface area contributed by atoms with E-state index in [1.54, 1.807) is 25.3 Å². The van der Waals surface area contributed by atoms with Crippen molar-refractivity contribution in [2.24, 2.45) is 5.41 Å². The molecular weight excluding hydrogens is 402 g/mol. The summed E-state index contributed by atoms with van der Waals surface area (Å²) in [5.74, 6) is 1.40. The molecule has 2 aromatic carbocycles. The molecule has 0 aliphatic rings. The van der Waals surface area contributed by atoms with Gasteiger partial charge in [0, 0.05) is 12.8 Å². The van der Waals surface area contributed by atoms with Crippen LogP contribution in [0, 0.1) is 12.3 Å². The molecule has 0 fully saturated rings. The first kappa shape index (κ1) is 23.3. The van der Waals surface area contributed by atoms with Crippen LogP contribution >= 0.6 is 0 Å². The van der Waals surface area contributed by atoms with Crippen molar-refractivity contribution in [1.29, 1.82) is 0 Å². The largest absolute Gasteiger partial charge is 0.457 e. The van der Waals surface area contributed by atoms with Gasteiger partial charge in [0.25, 0.3) is 5.91 Å². The second kappa shape index (κ2) is 9.83. The van der Waals surface area contributed by atoms with Gasteiger partial charge in [-0.15, -0.1) is 0 Å². The standard InChI is InChI=1S/C26H31N3O3/c1-17-14-21(24(27)29-22(17)16-31-5)25(30)28-19-10-12-20(13-11-19)32-23-9-7-6-8-18(23)15-26(2,3)4/h6-14H,15-16H2,1-5H3,(H2,27,29)(H,28,30). The number of rotatable bonds is 7. The summed E-state index contributed by atoms with van der Waals surface area (Å²) in [5.41, 5.74) is 9.85. The van der Waals surface area contributed by atoms with Crippen LogP contribution in [-0.4, -0.2) is 18.0 Å². The highest BCUT2D eigenvalue weighted by atomic mass is 16.5. The number of benzene rings is 2. The van der Waals surface area contributed by atoms with Crippen molar-refractivity contribution in [3.05, 3.63) is 77.0 Å². The Kier molecular flexibility index (Phi) is 7.15. The van der Waals surface area contributed by atoms with Crippen LogP contribution in [-0.2, 0) is 17.8 Å². The zero-order valence-corrected chi connectivity index (χ0v) is 19.4. The summed E-state index contributed by atoms with van der Waals surface area (Å²) < 4.78 is 11.2. The Morgan fingerprint density at radius 3 is 2.44 bits per heavy atom. The van der Waals surface area contributed by atoms with Gasteiger partial charge < -0.3 is 20.5 Å². The number of aryl methyl sites for hydroxylation is 1. The fourth-order valence-corrected chi connectivity index (χ4v) is 3.38. The van der Waals surface area contributed by atoms with Crippen molar-refractivity contribution in [3.8, 4) is 11.5 Å². The third-order valence-corrected chi connectivity index (χ3v) is 4.91. The zero-order valence-electron chi connectivity index (χ0n) is 19.4. The Labute approximate surface area is 189 Å². The number of anilines is 2. The fraction of sp³-hybridized carbons (Fsp3) is 0.308. The molecule has 1 heterocycles. The summed E-state index contributed by atoms with van der Waals surface area (Å²) in [6, 6.07) is 17.1. The van der Waals surface area contributed by atoms with E-state index < -0.39 is 0 Å². The quantitative estimate of drug-likeness (QED) is 0.495. The molecule has 1 aromatic heterocycles. The summed E-state index contributed by atoms with van der Waals surface area (Å²) in [5, 5.41) is 2.87. The molecule has 32 heavy (non-hydrogen) atoms. The van der Waals surface area contributed by atoms with Crippen molar-refractivity contribution in [1.82, 2.24) is 4.98 Å². The van der Waals surface area contributed by atoms with Gasteiger partial charge in [0.1, 0.15) is 17.3 Å². The van der Waals surface area contributed by atoms with E-state index in [2.05, 4.69) is 37.1 Å². The van der Waals surface area contributed by atoms with Gasteiger partial charge in [-0.3, -0.25) is 4.79 Å². The first-order chi connectivity index (χ1) is 15.2. The molecule has 168 valence electrons. The minimum atomic E-state index is -0.314. The van der Waals surface area contributed by atoms with E-state index in [0.29, 0.717) is 23.6 Å². The van der Waals surface area contributed by atoms with Crippen LogP contribution in [0.25, 0.3) is 0 Å². The monoisotopic (exact) mass is 433 g/mol. The second-order valence-corrected chi connectivity index (χ2v) is 9.04. The van der Waals surface area contributed by atoms with Crippen LogP contribution in [0.4, 0.5) is 11.5 Å². The van der Waals surface area contributed by atoms with Gasteiger partial charge in [0.05, 0.1) is 17.9 Å². The minimum absolute atomic E-state index is 0.157. The predicted molar refractivity (Wildman–Crippen MR) is 128 cm³/mol. The van der Waals surface area contributed by atoms with Crippen LogP contribution in [0.2, 0.25) is 0 Å². The minimum Gasteiger partial charge on any atom is -0.457 e. The van der Waals surface area contributed by atoms with E-state index in [9.17, 15) is 4.79 Å². The molecule has 1 amide bonds. The lowest BCUT2D eigenvalue weighted by Gasteiger charge is -2.20. The Balaban J connectivity index is 1.71. The van der Waals surface area contributed by atoms with Gasteiger partial charge in [0.15, 0.2) is 0 Å². The molecule has 0 radical (unpaired) electrons. The van der Waals surface area contributed by atoms with E-state index in [0.717, 1.165) is 29.0 Å². The van der Waals surface area contributed by atoms with Gasteiger partial charge in [-0.05, 0) is 66.3 Å². The molecule has 0 aliphatic heterocycles.